The Balaban J connectivity index is 2.24. The largest absolute Gasteiger partial charge is 0.276 e. The molecule has 0 aliphatic rings. The smallest absolute Gasteiger partial charge is 0.267 e. The van der Waals surface area contributed by atoms with Gasteiger partial charge in [-0.2, -0.15) is 0 Å². The molecule has 0 amide bonds. The average Bonchev–Trinajstić information content (AvgIpc) is 2.95. The Hall–Kier alpha value is -1.65. The zero-order chi connectivity index (χ0) is 14.8. The van der Waals surface area contributed by atoms with Gasteiger partial charge in [-0.3, -0.25) is 9.36 Å². The van der Waals surface area contributed by atoms with Crippen molar-refractivity contribution >= 4 is 33.2 Å². The molecular formula is C16H15ClN2OS. The number of benzene rings is 1. The molecule has 0 saturated carbocycles. The quantitative estimate of drug-likeness (QED) is 0.683. The zero-order valence-corrected chi connectivity index (χ0v) is 13.2. The van der Waals surface area contributed by atoms with E-state index in [9.17, 15) is 4.79 Å². The highest BCUT2D eigenvalue weighted by Gasteiger charge is 2.13. The van der Waals surface area contributed by atoms with E-state index in [-0.39, 0.29) is 5.56 Å². The molecule has 1 aromatic carbocycles. The van der Waals surface area contributed by atoms with Crippen molar-refractivity contribution < 1.29 is 0 Å². The molecule has 3 aromatic rings. The predicted octanol–water partition coefficient (Wildman–Crippen LogP) is 3.93. The molecule has 108 valence electrons. The van der Waals surface area contributed by atoms with E-state index < -0.39 is 0 Å². The summed E-state index contributed by atoms with van der Waals surface area (Å²) in [5.41, 5.74) is 2.80. The average molecular weight is 319 g/mol. The van der Waals surface area contributed by atoms with Gasteiger partial charge in [0.1, 0.15) is 10.5 Å². The minimum atomic E-state index is 0.00317. The van der Waals surface area contributed by atoms with Crippen molar-refractivity contribution in [2.75, 3.05) is 5.88 Å². The van der Waals surface area contributed by atoms with Crippen molar-refractivity contribution in [3.63, 3.8) is 0 Å². The van der Waals surface area contributed by atoms with Gasteiger partial charge in [0.25, 0.3) is 5.56 Å². The fourth-order valence-electron chi connectivity index (χ4n) is 2.31. The molecule has 0 radical (unpaired) electrons. The van der Waals surface area contributed by atoms with Crippen LogP contribution in [0.25, 0.3) is 15.9 Å². The van der Waals surface area contributed by atoms with E-state index in [0.717, 1.165) is 23.4 Å². The van der Waals surface area contributed by atoms with Gasteiger partial charge in [0, 0.05) is 12.3 Å². The number of hydrogen-bond donors (Lipinski definition) is 0. The summed E-state index contributed by atoms with van der Waals surface area (Å²) >= 11 is 7.23. The molecule has 0 bridgehead atoms. The van der Waals surface area contributed by atoms with E-state index in [1.54, 1.807) is 4.57 Å². The predicted molar refractivity (Wildman–Crippen MR) is 89.0 cm³/mol. The van der Waals surface area contributed by atoms with Gasteiger partial charge >= 0.3 is 0 Å². The molecule has 0 spiro atoms. The van der Waals surface area contributed by atoms with Gasteiger partial charge < -0.3 is 0 Å². The summed E-state index contributed by atoms with van der Waals surface area (Å²) in [4.78, 5) is 17.4. The van der Waals surface area contributed by atoms with Crippen molar-refractivity contribution in [3.8, 4) is 5.69 Å². The van der Waals surface area contributed by atoms with Gasteiger partial charge in [0.15, 0.2) is 0 Å². The van der Waals surface area contributed by atoms with Crippen molar-refractivity contribution in [2.24, 2.45) is 0 Å². The molecule has 0 aliphatic carbocycles. The topological polar surface area (TPSA) is 34.9 Å². The Morgan fingerprint density at radius 3 is 2.71 bits per heavy atom. The maximum atomic E-state index is 12.8. The Bertz CT molecular complexity index is 820. The highest BCUT2D eigenvalue weighted by Crippen LogP contribution is 2.18. The van der Waals surface area contributed by atoms with Crippen LogP contribution in [0.15, 0.2) is 40.5 Å². The summed E-state index contributed by atoms with van der Waals surface area (Å²) in [6, 6.07) is 9.83. The second-order valence-electron chi connectivity index (χ2n) is 4.93. The Labute approximate surface area is 131 Å². The van der Waals surface area contributed by atoms with Gasteiger partial charge in [-0.15, -0.1) is 22.9 Å². The van der Waals surface area contributed by atoms with E-state index in [1.807, 2.05) is 42.6 Å². The SMILES string of the molecule is Cc1ccc(-n2c(CCCCl)nc3ccsc3c2=O)cc1. The van der Waals surface area contributed by atoms with Gasteiger partial charge in [0.2, 0.25) is 0 Å². The Morgan fingerprint density at radius 2 is 2.00 bits per heavy atom. The highest BCUT2D eigenvalue weighted by atomic mass is 35.5. The highest BCUT2D eigenvalue weighted by molar-refractivity contribution is 7.17. The van der Waals surface area contributed by atoms with E-state index in [4.69, 9.17) is 11.6 Å². The lowest BCUT2D eigenvalue weighted by Crippen LogP contribution is -2.23. The number of hydrogen-bond acceptors (Lipinski definition) is 3. The summed E-state index contributed by atoms with van der Waals surface area (Å²) in [5, 5.41) is 1.91. The van der Waals surface area contributed by atoms with Crippen LogP contribution in [-0.2, 0) is 6.42 Å². The van der Waals surface area contributed by atoms with Crippen LogP contribution in [0.3, 0.4) is 0 Å². The van der Waals surface area contributed by atoms with Crippen LogP contribution in [0.4, 0.5) is 0 Å². The summed E-state index contributed by atoms with van der Waals surface area (Å²) < 4.78 is 2.41. The van der Waals surface area contributed by atoms with Gasteiger partial charge in [-0.05, 0) is 36.9 Å². The monoisotopic (exact) mass is 318 g/mol. The third-order valence-electron chi connectivity index (χ3n) is 3.38. The number of nitrogens with zero attached hydrogens (tertiary/aromatic N) is 2. The third kappa shape index (κ3) is 2.74. The molecule has 0 N–H and O–H groups in total. The summed E-state index contributed by atoms with van der Waals surface area (Å²) in [6.45, 7) is 2.03. The van der Waals surface area contributed by atoms with Crippen LogP contribution in [0, 0.1) is 6.92 Å². The molecule has 0 fully saturated rings. The lowest BCUT2D eigenvalue weighted by atomic mass is 10.2. The molecule has 0 saturated heterocycles. The molecule has 2 aromatic heterocycles. The van der Waals surface area contributed by atoms with E-state index in [2.05, 4.69) is 4.98 Å². The van der Waals surface area contributed by atoms with E-state index in [0.29, 0.717) is 17.0 Å². The molecule has 0 unspecified atom stereocenters. The maximum Gasteiger partial charge on any atom is 0.276 e. The minimum Gasteiger partial charge on any atom is -0.267 e. The molecule has 0 aliphatic heterocycles. The van der Waals surface area contributed by atoms with Gasteiger partial charge in [-0.25, -0.2) is 4.98 Å². The van der Waals surface area contributed by atoms with Crippen LogP contribution in [0.2, 0.25) is 0 Å². The second kappa shape index (κ2) is 6.00. The lowest BCUT2D eigenvalue weighted by molar-refractivity contribution is 0.778. The van der Waals surface area contributed by atoms with Crippen LogP contribution in [0.1, 0.15) is 17.8 Å². The standard InChI is InChI=1S/C16H15ClN2OS/c1-11-4-6-12(7-5-11)19-14(3-2-9-17)18-13-8-10-21-15(13)16(19)20/h4-8,10H,2-3,9H2,1H3. The van der Waals surface area contributed by atoms with Crippen molar-refractivity contribution in [1.82, 2.24) is 9.55 Å². The minimum absolute atomic E-state index is 0.00317. The van der Waals surface area contributed by atoms with Crippen LogP contribution in [-0.4, -0.2) is 15.4 Å². The Kier molecular flexibility index (Phi) is 4.08. The normalized spacial score (nSPS) is 11.1. The molecule has 0 atom stereocenters. The fraction of sp³-hybridized carbons (Fsp3) is 0.250. The van der Waals surface area contributed by atoms with Gasteiger partial charge in [-0.1, -0.05) is 17.7 Å². The first-order valence-electron chi connectivity index (χ1n) is 6.83. The molecule has 21 heavy (non-hydrogen) atoms. The summed E-state index contributed by atoms with van der Waals surface area (Å²) in [7, 11) is 0. The number of thiophene rings is 1. The summed E-state index contributed by atoms with van der Waals surface area (Å²) in [5.74, 6) is 1.33. The number of aryl methyl sites for hydroxylation is 2. The first kappa shape index (κ1) is 14.3. The summed E-state index contributed by atoms with van der Waals surface area (Å²) in [6.07, 6.45) is 1.49. The lowest BCUT2D eigenvalue weighted by Gasteiger charge is -2.12. The fourth-order valence-corrected chi connectivity index (χ4v) is 3.20. The van der Waals surface area contributed by atoms with Crippen LogP contribution < -0.4 is 5.56 Å². The van der Waals surface area contributed by atoms with E-state index in [1.165, 1.54) is 16.9 Å². The number of alkyl halides is 1. The van der Waals surface area contributed by atoms with Crippen molar-refractivity contribution in [1.29, 1.82) is 0 Å². The van der Waals surface area contributed by atoms with Crippen LogP contribution >= 0.6 is 22.9 Å². The zero-order valence-electron chi connectivity index (χ0n) is 11.7. The van der Waals surface area contributed by atoms with Crippen molar-refractivity contribution in [3.05, 3.63) is 57.5 Å². The molecule has 5 heteroatoms. The number of fused-ring (bicyclic) bond motifs is 1. The number of rotatable bonds is 4. The second-order valence-corrected chi connectivity index (χ2v) is 6.23. The molecular weight excluding hydrogens is 304 g/mol. The van der Waals surface area contributed by atoms with Gasteiger partial charge in [0.05, 0.1) is 11.2 Å². The molecule has 3 nitrogen and oxygen atoms in total. The van der Waals surface area contributed by atoms with Crippen molar-refractivity contribution in [2.45, 2.75) is 19.8 Å². The number of aromatic nitrogens is 2. The molecule has 3 rings (SSSR count). The Morgan fingerprint density at radius 1 is 1.24 bits per heavy atom. The molecule has 2 heterocycles. The first-order chi connectivity index (χ1) is 10.2. The maximum absolute atomic E-state index is 12.8. The van der Waals surface area contributed by atoms with E-state index >= 15 is 0 Å². The van der Waals surface area contributed by atoms with Crippen LogP contribution in [0.5, 0.6) is 0 Å². The first-order valence-corrected chi connectivity index (χ1v) is 8.24. The number of halogens is 1. The third-order valence-corrected chi connectivity index (χ3v) is 4.53.